The SMILES string of the molecule is CCC(C)c1ccccc1Oc1ncccc1C(C)=O. The molecule has 0 radical (unpaired) electrons. The zero-order valence-electron chi connectivity index (χ0n) is 12.1. The van der Waals surface area contributed by atoms with Gasteiger partial charge in [0.1, 0.15) is 5.75 Å². The van der Waals surface area contributed by atoms with Crippen molar-refractivity contribution >= 4 is 5.78 Å². The predicted octanol–water partition coefficient (Wildman–Crippen LogP) is 4.59. The van der Waals surface area contributed by atoms with Gasteiger partial charge in [0.25, 0.3) is 0 Å². The number of hydrogen-bond acceptors (Lipinski definition) is 3. The van der Waals surface area contributed by atoms with Crippen LogP contribution in [-0.4, -0.2) is 10.8 Å². The number of carbonyl (C=O) groups excluding carboxylic acids is 1. The standard InChI is InChI=1S/C17H19NO2/c1-4-12(2)14-8-5-6-10-16(14)20-17-15(13(3)19)9-7-11-18-17/h5-12H,4H2,1-3H3. The molecule has 0 bridgehead atoms. The Hall–Kier alpha value is -2.16. The van der Waals surface area contributed by atoms with Crippen molar-refractivity contribution in [2.24, 2.45) is 0 Å². The van der Waals surface area contributed by atoms with Crippen LogP contribution in [0.4, 0.5) is 0 Å². The highest BCUT2D eigenvalue weighted by atomic mass is 16.5. The number of carbonyl (C=O) groups is 1. The molecule has 0 saturated heterocycles. The zero-order valence-corrected chi connectivity index (χ0v) is 12.1. The Morgan fingerprint density at radius 2 is 2.00 bits per heavy atom. The number of Topliss-reactive ketones (excluding diaryl/α,β-unsaturated/α-hetero) is 1. The van der Waals surface area contributed by atoms with Crippen molar-refractivity contribution in [3.63, 3.8) is 0 Å². The second-order valence-corrected chi connectivity index (χ2v) is 4.86. The number of benzene rings is 1. The monoisotopic (exact) mass is 269 g/mol. The highest BCUT2D eigenvalue weighted by Crippen LogP contribution is 2.32. The highest BCUT2D eigenvalue weighted by Gasteiger charge is 2.14. The van der Waals surface area contributed by atoms with Gasteiger partial charge in [-0.3, -0.25) is 4.79 Å². The van der Waals surface area contributed by atoms with Crippen molar-refractivity contribution in [1.29, 1.82) is 0 Å². The lowest BCUT2D eigenvalue weighted by atomic mass is 9.98. The van der Waals surface area contributed by atoms with Gasteiger partial charge in [0.05, 0.1) is 5.56 Å². The van der Waals surface area contributed by atoms with Crippen LogP contribution in [0, 0.1) is 0 Å². The lowest BCUT2D eigenvalue weighted by molar-refractivity contribution is 0.101. The molecule has 0 aliphatic rings. The van der Waals surface area contributed by atoms with E-state index in [2.05, 4.69) is 24.9 Å². The van der Waals surface area contributed by atoms with E-state index in [1.807, 2.05) is 18.2 Å². The summed E-state index contributed by atoms with van der Waals surface area (Å²) in [4.78, 5) is 15.8. The molecule has 20 heavy (non-hydrogen) atoms. The maximum absolute atomic E-state index is 11.6. The minimum absolute atomic E-state index is 0.0471. The van der Waals surface area contributed by atoms with Crippen LogP contribution < -0.4 is 4.74 Å². The third-order valence-corrected chi connectivity index (χ3v) is 3.42. The van der Waals surface area contributed by atoms with E-state index >= 15 is 0 Å². The Balaban J connectivity index is 2.38. The third-order valence-electron chi connectivity index (χ3n) is 3.42. The molecule has 0 spiro atoms. The summed E-state index contributed by atoms with van der Waals surface area (Å²) >= 11 is 0. The topological polar surface area (TPSA) is 39.2 Å². The average Bonchev–Trinajstić information content (AvgIpc) is 2.47. The number of ketones is 1. The van der Waals surface area contributed by atoms with Gasteiger partial charge in [0.2, 0.25) is 5.88 Å². The van der Waals surface area contributed by atoms with Gasteiger partial charge in [0, 0.05) is 6.20 Å². The summed E-state index contributed by atoms with van der Waals surface area (Å²) in [6.07, 6.45) is 2.66. The molecule has 3 heteroatoms. The van der Waals surface area contributed by atoms with Crippen LogP contribution in [0.3, 0.4) is 0 Å². The first kappa shape index (κ1) is 14.3. The Labute approximate surface area is 119 Å². The van der Waals surface area contributed by atoms with Gasteiger partial charge >= 0.3 is 0 Å². The number of pyridine rings is 1. The van der Waals surface area contributed by atoms with Gasteiger partial charge < -0.3 is 4.74 Å². The molecular formula is C17H19NO2. The van der Waals surface area contributed by atoms with E-state index in [-0.39, 0.29) is 5.78 Å². The molecule has 1 heterocycles. The van der Waals surface area contributed by atoms with Gasteiger partial charge in [-0.1, -0.05) is 32.0 Å². The van der Waals surface area contributed by atoms with E-state index in [0.29, 0.717) is 17.4 Å². The molecule has 0 aliphatic carbocycles. The molecule has 1 atom stereocenters. The van der Waals surface area contributed by atoms with Crippen molar-refractivity contribution in [3.8, 4) is 11.6 Å². The summed E-state index contributed by atoms with van der Waals surface area (Å²) in [6.45, 7) is 5.82. The Bertz CT molecular complexity index is 607. The maximum atomic E-state index is 11.6. The first-order valence-corrected chi connectivity index (χ1v) is 6.86. The van der Waals surface area contributed by atoms with Crippen molar-refractivity contribution in [2.75, 3.05) is 0 Å². The molecule has 2 aromatic rings. The summed E-state index contributed by atoms with van der Waals surface area (Å²) in [7, 11) is 0. The molecule has 3 nitrogen and oxygen atoms in total. The fraction of sp³-hybridized carbons (Fsp3) is 0.294. The second-order valence-electron chi connectivity index (χ2n) is 4.86. The number of ether oxygens (including phenoxy) is 1. The van der Waals surface area contributed by atoms with Crippen molar-refractivity contribution in [3.05, 3.63) is 53.7 Å². The normalized spacial score (nSPS) is 11.9. The third kappa shape index (κ3) is 3.05. The molecule has 0 saturated carbocycles. The molecular weight excluding hydrogens is 250 g/mol. The van der Waals surface area contributed by atoms with Crippen LogP contribution in [0.2, 0.25) is 0 Å². The predicted molar refractivity (Wildman–Crippen MR) is 79.5 cm³/mol. The lowest BCUT2D eigenvalue weighted by Crippen LogP contribution is -2.01. The Kier molecular flexibility index (Phi) is 4.51. The van der Waals surface area contributed by atoms with Gasteiger partial charge in [-0.25, -0.2) is 4.98 Å². The number of para-hydroxylation sites is 1. The van der Waals surface area contributed by atoms with Crippen LogP contribution in [0.25, 0.3) is 0 Å². The molecule has 0 amide bonds. The summed E-state index contributed by atoms with van der Waals surface area (Å²) in [5, 5.41) is 0. The molecule has 0 N–H and O–H groups in total. The van der Waals surface area contributed by atoms with E-state index in [0.717, 1.165) is 17.7 Å². The summed E-state index contributed by atoms with van der Waals surface area (Å²) in [6, 6.07) is 11.4. The Morgan fingerprint density at radius 3 is 2.70 bits per heavy atom. The minimum Gasteiger partial charge on any atom is -0.438 e. The fourth-order valence-corrected chi connectivity index (χ4v) is 2.04. The molecule has 1 unspecified atom stereocenters. The summed E-state index contributed by atoms with van der Waals surface area (Å²) < 4.78 is 5.89. The number of aromatic nitrogens is 1. The lowest BCUT2D eigenvalue weighted by Gasteiger charge is -2.15. The van der Waals surface area contributed by atoms with Crippen LogP contribution in [0.1, 0.15) is 49.0 Å². The van der Waals surface area contributed by atoms with E-state index in [1.54, 1.807) is 18.3 Å². The molecule has 2 rings (SSSR count). The Morgan fingerprint density at radius 1 is 1.25 bits per heavy atom. The highest BCUT2D eigenvalue weighted by molar-refractivity contribution is 5.96. The zero-order chi connectivity index (χ0) is 14.5. The maximum Gasteiger partial charge on any atom is 0.230 e. The largest absolute Gasteiger partial charge is 0.438 e. The molecule has 0 fully saturated rings. The molecule has 0 aliphatic heterocycles. The van der Waals surface area contributed by atoms with Crippen LogP contribution in [0.5, 0.6) is 11.6 Å². The first-order chi connectivity index (χ1) is 9.63. The fourth-order valence-electron chi connectivity index (χ4n) is 2.04. The molecule has 1 aromatic heterocycles. The van der Waals surface area contributed by atoms with E-state index in [4.69, 9.17) is 4.74 Å². The van der Waals surface area contributed by atoms with E-state index < -0.39 is 0 Å². The van der Waals surface area contributed by atoms with Crippen LogP contribution in [0.15, 0.2) is 42.6 Å². The van der Waals surface area contributed by atoms with Crippen molar-refractivity contribution < 1.29 is 9.53 Å². The molecule has 104 valence electrons. The van der Waals surface area contributed by atoms with Gasteiger partial charge in [-0.2, -0.15) is 0 Å². The summed E-state index contributed by atoms with van der Waals surface area (Å²) in [5.41, 5.74) is 1.64. The number of hydrogen-bond donors (Lipinski definition) is 0. The molecule has 1 aromatic carbocycles. The van der Waals surface area contributed by atoms with E-state index in [9.17, 15) is 4.79 Å². The number of rotatable bonds is 5. The van der Waals surface area contributed by atoms with Crippen molar-refractivity contribution in [1.82, 2.24) is 4.98 Å². The minimum atomic E-state index is -0.0471. The second kappa shape index (κ2) is 6.33. The van der Waals surface area contributed by atoms with Crippen LogP contribution >= 0.6 is 0 Å². The summed E-state index contributed by atoms with van der Waals surface area (Å²) in [5.74, 6) is 1.49. The van der Waals surface area contributed by atoms with Gasteiger partial charge in [-0.15, -0.1) is 0 Å². The van der Waals surface area contributed by atoms with Crippen molar-refractivity contribution in [2.45, 2.75) is 33.1 Å². The van der Waals surface area contributed by atoms with Gasteiger partial charge in [-0.05, 0) is 43.0 Å². The smallest absolute Gasteiger partial charge is 0.230 e. The van der Waals surface area contributed by atoms with Crippen LogP contribution in [-0.2, 0) is 0 Å². The first-order valence-electron chi connectivity index (χ1n) is 6.86. The average molecular weight is 269 g/mol. The quantitative estimate of drug-likeness (QED) is 0.745. The van der Waals surface area contributed by atoms with E-state index in [1.165, 1.54) is 6.92 Å². The van der Waals surface area contributed by atoms with Gasteiger partial charge in [0.15, 0.2) is 5.78 Å². The number of nitrogens with zero attached hydrogens (tertiary/aromatic N) is 1.